The number of nitrogens with two attached hydrogens (primary N) is 1. The summed E-state index contributed by atoms with van der Waals surface area (Å²) in [7, 11) is 0. The van der Waals surface area contributed by atoms with Gasteiger partial charge < -0.3 is 10.5 Å². The van der Waals surface area contributed by atoms with Crippen molar-refractivity contribution < 1.29 is 9.53 Å². The Kier molecular flexibility index (Phi) is 4.55. The van der Waals surface area contributed by atoms with Crippen molar-refractivity contribution in [2.45, 2.75) is 6.54 Å². The van der Waals surface area contributed by atoms with E-state index in [1.54, 1.807) is 36.4 Å². The molecule has 2 rings (SSSR count). The number of Topliss-reactive ketones (excluding diaryl/α,β-unsaturated/α-hetero) is 1. The highest BCUT2D eigenvalue weighted by atomic mass is 35.5. The van der Waals surface area contributed by atoms with Crippen LogP contribution in [0, 0.1) is 0 Å². The van der Waals surface area contributed by atoms with Crippen molar-refractivity contribution in [1.82, 2.24) is 0 Å². The molecule has 19 heavy (non-hydrogen) atoms. The molecule has 3 nitrogen and oxygen atoms in total. The third-order valence-corrected chi connectivity index (χ3v) is 2.91. The average molecular weight is 276 g/mol. The molecule has 2 aromatic rings. The van der Waals surface area contributed by atoms with E-state index >= 15 is 0 Å². The maximum absolute atomic E-state index is 11.9. The van der Waals surface area contributed by atoms with Crippen molar-refractivity contribution in [2.75, 3.05) is 6.61 Å². The van der Waals surface area contributed by atoms with Crippen molar-refractivity contribution >= 4 is 17.4 Å². The zero-order chi connectivity index (χ0) is 13.7. The number of hydrogen-bond donors (Lipinski definition) is 1. The first kappa shape index (κ1) is 13.6. The van der Waals surface area contributed by atoms with Crippen LogP contribution < -0.4 is 10.5 Å². The Hall–Kier alpha value is -1.84. The van der Waals surface area contributed by atoms with Crippen molar-refractivity contribution in [3.63, 3.8) is 0 Å². The zero-order valence-corrected chi connectivity index (χ0v) is 11.1. The van der Waals surface area contributed by atoms with E-state index in [9.17, 15) is 4.79 Å². The van der Waals surface area contributed by atoms with Gasteiger partial charge in [-0.05, 0) is 23.8 Å². The molecule has 0 aromatic heterocycles. The number of ketones is 1. The van der Waals surface area contributed by atoms with E-state index in [-0.39, 0.29) is 12.4 Å². The number of hydrogen-bond acceptors (Lipinski definition) is 3. The van der Waals surface area contributed by atoms with Crippen LogP contribution in [0.15, 0.2) is 48.5 Å². The molecular weight excluding hydrogens is 262 g/mol. The Morgan fingerprint density at radius 2 is 1.89 bits per heavy atom. The molecule has 98 valence electrons. The second kappa shape index (κ2) is 6.36. The van der Waals surface area contributed by atoms with Crippen molar-refractivity contribution in [3.05, 3.63) is 64.7 Å². The van der Waals surface area contributed by atoms with E-state index in [0.29, 0.717) is 22.9 Å². The van der Waals surface area contributed by atoms with Gasteiger partial charge in [0.25, 0.3) is 0 Å². The third kappa shape index (κ3) is 3.81. The normalized spacial score (nSPS) is 10.2. The minimum Gasteiger partial charge on any atom is -0.485 e. The minimum absolute atomic E-state index is 0.0116. The van der Waals surface area contributed by atoms with Crippen LogP contribution in [-0.4, -0.2) is 12.4 Å². The molecule has 0 aliphatic carbocycles. The van der Waals surface area contributed by atoms with E-state index in [1.165, 1.54) is 0 Å². The first-order chi connectivity index (χ1) is 9.19. The molecule has 0 aliphatic rings. The van der Waals surface area contributed by atoms with Crippen LogP contribution in [0.1, 0.15) is 15.9 Å². The zero-order valence-electron chi connectivity index (χ0n) is 10.3. The van der Waals surface area contributed by atoms with Gasteiger partial charge in [-0.2, -0.15) is 0 Å². The minimum atomic E-state index is -0.0800. The molecule has 0 radical (unpaired) electrons. The molecule has 0 fully saturated rings. The second-order valence-corrected chi connectivity index (χ2v) is 4.51. The van der Waals surface area contributed by atoms with E-state index in [0.717, 1.165) is 5.56 Å². The number of carbonyl (C=O) groups excluding carboxylic acids is 1. The molecule has 4 heteroatoms. The molecule has 0 saturated carbocycles. The molecule has 0 amide bonds. The van der Waals surface area contributed by atoms with Crippen LogP contribution in [0.5, 0.6) is 5.75 Å². The maximum atomic E-state index is 11.9. The fourth-order valence-corrected chi connectivity index (χ4v) is 1.80. The Labute approximate surface area is 117 Å². The van der Waals surface area contributed by atoms with E-state index in [1.807, 2.05) is 12.1 Å². The Balaban J connectivity index is 1.97. The standard InChI is InChI=1S/C15H14ClNO2/c16-13-2-1-3-14(8-13)19-10-15(18)12-6-4-11(9-17)5-7-12/h1-8H,9-10,17H2. The van der Waals surface area contributed by atoms with Gasteiger partial charge in [0.2, 0.25) is 0 Å². The molecule has 2 aromatic carbocycles. The van der Waals surface area contributed by atoms with E-state index in [4.69, 9.17) is 22.1 Å². The molecule has 0 aliphatic heterocycles. The second-order valence-electron chi connectivity index (χ2n) is 4.07. The van der Waals surface area contributed by atoms with Crippen molar-refractivity contribution in [1.29, 1.82) is 0 Å². The van der Waals surface area contributed by atoms with Gasteiger partial charge >= 0.3 is 0 Å². The van der Waals surface area contributed by atoms with Gasteiger partial charge in [-0.15, -0.1) is 0 Å². The average Bonchev–Trinajstić information content (AvgIpc) is 2.45. The summed E-state index contributed by atoms with van der Waals surface area (Å²) in [5.41, 5.74) is 7.11. The van der Waals surface area contributed by atoms with Crippen LogP contribution in [-0.2, 0) is 6.54 Å². The fraction of sp³-hybridized carbons (Fsp3) is 0.133. The Morgan fingerprint density at radius 1 is 1.16 bits per heavy atom. The summed E-state index contributed by atoms with van der Waals surface area (Å²) in [6.45, 7) is 0.454. The van der Waals surface area contributed by atoms with Crippen LogP contribution >= 0.6 is 11.6 Å². The number of ether oxygens (including phenoxy) is 1. The van der Waals surface area contributed by atoms with Crippen LogP contribution in [0.25, 0.3) is 0 Å². The quantitative estimate of drug-likeness (QED) is 0.853. The van der Waals surface area contributed by atoms with Gasteiger partial charge in [0, 0.05) is 17.1 Å². The maximum Gasteiger partial charge on any atom is 0.200 e. The third-order valence-electron chi connectivity index (χ3n) is 2.68. The Morgan fingerprint density at radius 3 is 2.53 bits per heavy atom. The largest absolute Gasteiger partial charge is 0.485 e. The molecule has 0 unspecified atom stereocenters. The smallest absolute Gasteiger partial charge is 0.200 e. The summed E-state index contributed by atoms with van der Waals surface area (Å²) < 4.78 is 5.40. The van der Waals surface area contributed by atoms with Gasteiger partial charge in [0.1, 0.15) is 5.75 Å². The number of halogens is 1. The van der Waals surface area contributed by atoms with Gasteiger partial charge in [-0.3, -0.25) is 4.79 Å². The van der Waals surface area contributed by atoms with Gasteiger partial charge in [0.05, 0.1) is 0 Å². The number of carbonyl (C=O) groups is 1. The molecule has 0 atom stereocenters. The summed E-state index contributed by atoms with van der Waals surface area (Å²) in [6, 6.07) is 14.2. The number of benzene rings is 2. The predicted molar refractivity (Wildman–Crippen MR) is 75.6 cm³/mol. The summed E-state index contributed by atoms with van der Waals surface area (Å²) in [5, 5.41) is 0.581. The van der Waals surface area contributed by atoms with E-state index in [2.05, 4.69) is 0 Å². The topological polar surface area (TPSA) is 52.3 Å². The first-order valence-electron chi connectivity index (χ1n) is 5.89. The summed E-state index contributed by atoms with van der Waals surface area (Å²) in [4.78, 5) is 11.9. The first-order valence-corrected chi connectivity index (χ1v) is 6.27. The SMILES string of the molecule is NCc1ccc(C(=O)COc2cccc(Cl)c2)cc1. The lowest BCUT2D eigenvalue weighted by molar-refractivity contribution is 0.0921. The lowest BCUT2D eigenvalue weighted by atomic mass is 10.1. The van der Waals surface area contributed by atoms with Gasteiger partial charge in [0.15, 0.2) is 12.4 Å². The molecule has 0 bridgehead atoms. The molecule has 0 heterocycles. The highest BCUT2D eigenvalue weighted by Crippen LogP contribution is 2.17. The summed E-state index contributed by atoms with van der Waals surface area (Å²) >= 11 is 5.83. The molecule has 0 saturated heterocycles. The van der Waals surface area contributed by atoms with Crippen molar-refractivity contribution in [2.24, 2.45) is 5.73 Å². The highest BCUT2D eigenvalue weighted by Gasteiger charge is 2.06. The monoisotopic (exact) mass is 275 g/mol. The number of rotatable bonds is 5. The molecular formula is C15H14ClNO2. The Bertz CT molecular complexity index is 567. The fourth-order valence-electron chi connectivity index (χ4n) is 1.62. The van der Waals surface area contributed by atoms with Gasteiger partial charge in [-0.25, -0.2) is 0 Å². The summed E-state index contributed by atoms with van der Waals surface area (Å²) in [6.07, 6.45) is 0. The van der Waals surface area contributed by atoms with Gasteiger partial charge in [-0.1, -0.05) is 41.9 Å². The van der Waals surface area contributed by atoms with Crippen molar-refractivity contribution in [3.8, 4) is 5.75 Å². The lowest BCUT2D eigenvalue weighted by Gasteiger charge is -2.06. The van der Waals surface area contributed by atoms with Crippen LogP contribution in [0.2, 0.25) is 5.02 Å². The summed E-state index contributed by atoms with van der Waals surface area (Å²) in [5.74, 6) is 0.503. The van der Waals surface area contributed by atoms with Crippen LogP contribution in [0.4, 0.5) is 0 Å². The van der Waals surface area contributed by atoms with E-state index < -0.39 is 0 Å². The van der Waals surface area contributed by atoms with Crippen LogP contribution in [0.3, 0.4) is 0 Å². The molecule has 0 spiro atoms. The lowest BCUT2D eigenvalue weighted by Crippen LogP contribution is -2.11. The molecule has 2 N–H and O–H groups in total. The highest BCUT2D eigenvalue weighted by molar-refractivity contribution is 6.30. The predicted octanol–water partition coefficient (Wildman–Crippen LogP) is 3.06.